The largest absolute Gasteiger partial charge is 0.300 e. The van der Waals surface area contributed by atoms with Gasteiger partial charge in [0, 0.05) is 18.3 Å². The highest BCUT2D eigenvalue weighted by molar-refractivity contribution is 5.80. The van der Waals surface area contributed by atoms with Gasteiger partial charge in [-0.3, -0.25) is 4.79 Å². The minimum atomic E-state index is 0.273. The number of Topliss-reactive ketones (excluding diaryl/α,β-unsaturated/α-hetero) is 1. The number of carbonyl (C=O) groups excluding carboxylic acids is 1. The van der Waals surface area contributed by atoms with Gasteiger partial charge in [0.2, 0.25) is 0 Å². The standard InChI is InChI=1S/C12H18O/c1-3-12-8-11(13)7-6-10(12)5-4-9(12)2/h4,10H,3,5-8H2,1-2H3/t10-,12-/m0/s1. The molecule has 2 rings (SSSR count). The van der Waals surface area contributed by atoms with E-state index in [2.05, 4.69) is 19.9 Å². The van der Waals surface area contributed by atoms with E-state index in [0.29, 0.717) is 5.78 Å². The summed E-state index contributed by atoms with van der Waals surface area (Å²) in [6.07, 6.45) is 7.48. The highest BCUT2D eigenvalue weighted by atomic mass is 16.1. The molecular formula is C12H18O. The Bertz CT molecular complexity index is 264. The van der Waals surface area contributed by atoms with E-state index >= 15 is 0 Å². The van der Waals surface area contributed by atoms with Gasteiger partial charge < -0.3 is 0 Å². The molecule has 1 saturated carbocycles. The molecule has 0 saturated heterocycles. The van der Waals surface area contributed by atoms with E-state index < -0.39 is 0 Å². The molecule has 0 radical (unpaired) electrons. The molecule has 72 valence electrons. The van der Waals surface area contributed by atoms with Gasteiger partial charge in [-0.1, -0.05) is 18.6 Å². The maximum absolute atomic E-state index is 11.5. The predicted molar refractivity (Wildman–Crippen MR) is 53.4 cm³/mol. The second kappa shape index (κ2) is 2.97. The Labute approximate surface area is 80.2 Å². The normalized spacial score (nSPS) is 38.8. The van der Waals surface area contributed by atoms with Crippen LogP contribution < -0.4 is 0 Å². The molecule has 2 aliphatic rings. The highest BCUT2D eigenvalue weighted by Gasteiger charge is 2.45. The lowest BCUT2D eigenvalue weighted by Crippen LogP contribution is -2.34. The molecule has 0 aromatic carbocycles. The SMILES string of the molecule is CC[C@@]12CC(=O)CC[C@@H]1CC=C2C. The van der Waals surface area contributed by atoms with Gasteiger partial charge in [-0.2, -0.15) is 0 Å². The Morgan fingerprint density at radius 3 is 3.08 bits per heavy atom. The third-order valence-electron chi connectivity index (χ3n) is 4.19. The van der Waals surface area contributed by atoms with Crippen LogP contribution in [0.5, 0.6) is 0 Å². The van der Waals surface area contributed by atoms with Gasteiger partial charge in [-0.05, 0) is 32.1 Å². The zero-order chi connectivity index (χ0) is 9.47. The Balaban J connectivity index is 2.30. The van der Waals surface area contributed by atoms with Crippen molar-refractivity contribution in [3.63, 3.8) is 0 Å². The monoisotopic (exact) mass is 178 g/mol. The molecule has 0 spiro atoms. The Kier molecular flexibility index (Phi) is 2.05. The zero-order valence-electron chi connectivity index (χ0n) is 8.60. The maximum atomic E-state index is 11.5. The maximum Gasteiger partial charge on any atom is 0.133 e. The first kappa shape index (κ1) is 8.98. The Morgan fingerprint density at radius 2 is 2.38 bits per heavy atom. The number of carbonyl (C=O) groups is 1. The molecule has 13 heavy (non-hydrogen) atoms. The van der Waals surface area contributed by atoms with E-state index in [1.165, 1.54) is 12.0 Å². The van der Waals surface area contributed by atoms with Crippen molar-refractivity contribution in [1.82, 2.24) is 0 Å². The second-order valence-electron chi connectivity index (χ2n) is 4.58. The van der Waals surface area contributed by atoms with Crippen molar-refractivity contribution < 1.29 is 4.79 Å². The van der Waals surface area contributed by atoms with E-state index in [0.717, 1.165) is 31.6 Å². The van der Waals surface area contributed by atoms with Gasteiger partial charge in [-0.25, -0.2) is 0 Å². The summed E-state index contributed by atoms with van der Waals surface area (Å²) in [4.78, 5) is 11.5. The van der Waals surface area contributed by atoms with Crippen LogP contribution in [0, 0.1) is 11.3 Å². The van der Waals surface area contributed by atoms with E-state index in [-0.39, 0.29) is 5.41 Å². The number of rotatable bonds is 1. The van der Waals surface area contributed by atoms with Crippen molar-refractivity contribution in [3.8, 4) is 0 Å². The lowest BCUT2D eigenvalue weighted by Gasteiger charge is -2.40. The Morgan fingerprint density at radius 1 is 1.62 bits per heavy atom. The summed E-state index contributed by atoms with van der Waals surface area (Å²) >= 11 is 0. The lowest BCUT2D eigenvalue weighted by molar-refractivity contribution is -0.124. The van der Waals surface area contributed by atoms with E-state index in [9.17, 15) is 4.79 Å². The number of hydrogen-bond acceptors (Lipinski definition) is 1. The van der Waals surface area contributed by atoms with E-state index in [1.807, 2.05) is 0 Å². The van der Waals surface area contributed by atoms with Gasteiger partial charge in [0.15, 0.2) is 0 Å². The Hall–Kier alpha value is -0.590. The van der Waals surface area contributed by atoms with Gasteiger partial charge in [0.1, 0.15) is 5.78 Å². The molecule has 2 atom stereocenters. The van der Waals surface area contributed by atoms with Crippen LogP contribution in [0.4, 0.5) is 0 Å². The quantitative estimate of drug-likeness (QED) is 0.564. The fourth-order valence-corrected chi connectivity index (χ4v) is 3.22. The third-order valence-corrected chi connectivity index (χ3v) is 4.19. The summed E-state index contributed by atoms with van der Waals surface area (Å²) in [7, 11) is 0. The third kappa shape index (κ3) is 1.17. The van der Waals surface area contributed by atoms with Gasteiger partial charge >= 0.3 is 0 Å². The fourth-order valence-electron chi connectivity index (χ4n) is 3.22. The van der Waals surface area contributed by atoms with Crippen LogP contribution in [0.3, 0.4) is 0 Å². The summed E-state index contributed by atoms with van der Waals surface area (Å²) in [5, 5.41) is 0. The van der Waals surface area contributed by atoms with Crippen molar-refractivity contribution in [1.29, 1.82) is 0 Å². The average molecular weight is 178 g/mol. The lowest BCUT2D eigenvalue weighted by atomic mass is 9.63. The van der Waals surface area contributed by atoms with Crippen molar-refractivity contribution in [2.24, 2.45) is 11.3 Å². The molecule has 1 fully saturated rings. The molecule has 0 aromatic heterocycles. The van der Waals surface area contributed by atoms with Gasteiger partial charge in [-0.15, -0.1) is 0 Å². The van der Waals surface area contributed by atoms with Crippen LogP contribution in [0.1, 0.15) is 46.0 Å². The van der Waals surface area contributed by atoms with Gasteiger partial charge in [0.05, 0.1) is 0 Å². The smallest absolute Gasteiger partial charge is 0.133 e. The summed E-state index contributed by atoms with van der Waals surface area (Å²) in [6.45, 7) is 4.44. The highest BCUT2D eigenvalue weighted by Crippen LogP contribution is 2.53. The molecule has 0 aromatic rings. The topological polar surface area (TPSA) is 17.1 Å². The molecule has 0 heterocycles. The zero-order valence-corrected chi connectivity index (χ0v) is 8.60. The van der Waals surface area contributed by atoms with Crippen molar-refractivity contribution in [3.05, 3.63) is 11.6 Å². The predicted octanol–water partition coefficient (Wildman–Crippen LogP) is 3.10. The van der Waals surface area contributed by atoms with Crippen molar-refractivity contribution >= 4 is 5.78 Å². The summed E-state index contributed by atoms with van der Waals surface area (Å²) in [5.74, 6) is 1.25. The second-order valence-corrected chi connectivity index (χ2v) is 4.58. The molecule has 2 aliphatic carbocycles. The first-order chi connectivity index (χ1) is 6.19. The first-order valence-corrected chi connectivity index (χ1v) is 5.38. The number of hydrogen-bond donors (Lipinski definition) is 0. The first-order valence-electron chi connectivity index (χ1n) is 5.38. The van der Waals surface area contributed by atoms with Crippen molar-refractivity contribution in [2.45, 2.75) is 46.0 Å². The number of allylic oxidation sites excluding steroid dienone is 2. The summed E-state index contributed by atoms with van der Waals surface area (Å²) in [6, 6.07) is 0. The van der Waals surface area contributed by atoms with Crippen molar-refractivity contribution in [2.75, 3.05) is 0 Å². The minimum absolute atomic E-state index is 0.273. The van der Waals surface area contributed by atoms with Crippen LogP contribution in [0.2, 0.25) is 0 Å². The van der Waals surface area contributed by atoms with Crippen LogP contribution in [-0.2, 0) is 4.79 Å². The number of ketones is 1. The molecule has 0 unspecified atom stereocenters. The van der Waals surface area contributed by atoms with E-state index in [4.69, 9.17) is 0 Å². The molecule has 1 heteroatoms. The summed E-state index contributed by atoms with van der Waals surface area (Å²) < 4.78 is 0. The van der Waals surface area contributed by atoms with Crippen LogP contribution in [-0.4, -0.2) is 5.78 Å². The minimum Gasteiger partial charge on any atom is -0.300 e. The van der Waals surface area contributed by atoms with Crippen LogP contribution in [0.25, 0.3) is 0 Å². The average Bonchev–Trinajstić information content (AvgIpc) is 2.44. The molecule has 0 aliphatic heterocycles. The molecule has 0 N–H and O–H groups in total. The van der Waals surface area contributed by atoms with E-state index in [1.54, 1.807) is 0 Å². The molecule has 0 amide bonds. The van der Waals surface area contributed by atoms with Gasteiger partial charge in [0.25, 0.3) is 0 Å². The summed E-state index contributed by atoms with van der Waals surface area (Å²) in [5.41, 5.74) is 1.75. The molecule has 0 bridgehead atoms. The molecular weight excluding hydrogens is 160 g/mol. The molecule has 1 nitrogen and oxygen atoms in total. The van der Waals surface area contributed by atoms with Crippen LogP contribution in [0.15, 0.2) is 11.6 Å². The fraction of sp³-hybridized carbons (Fsp3) is 0.750. The van der Waals surface area contributed by atoms with Crippen LogP contribution >= 0.6 is 0 Å². The number of fused-ring (bicyclic) bond motifs is 1.